The molecular formula is C12H17Cl2NOS. The van der Waals surface area contributed by atoms with E-state index in [0.29, 0.717) is 11.6 Å². The van der Waals surface area contributed by atoms with Gasteiger partial charge in [0.05, 0.1) is 11.1 Å². The molecule has 0 spiro atoms. The summed E-state index contributed by atoms with van der Waals surface area (Å²) in [7, 11) is 1.99. The van der Waals surface area contributed by atoms with Crippen LogP contribution in [0.15, 0.2) is 23.1 Å². The SMILES string of the molecule is CC(O)CN(C)CCSc1cc(Cl)ccc1Cl. The van der Waals surface area contributed by atoms with Gasteiger partial charge in [-0.3, -0.25) is 0 Å². The largest absolute Gasteiger partial charge is 0.392 e. The van der Waals surface area contributed by atoms with Crippen molar-refractivity contribution < 1.29 is 5.11 Å². The van der Waals surface area contributed by atoms with Crippen molar-refractivity contribution in [3.8, 4) is 0 Å². The lowest BCUT2D eigenvalue weighted by atomic mass is 10.4. The van der Waals surface area contributed by atoms with Crippen LogP contribution in [0.3, 0.4) is 0 Å². The molecule has 1 aromatic rings. The molecule has 0 aliphatic carbocycles. The van der Waals surface area contributed by atoms with Crippen LogP contribution >= 0.6 is 35.0 Å². The molecule has 1 rings (SSSR count). The normalized spacial score (nSPS) is 13.1. The third-order valence-corrected chi connectivity index (χ3v) is 3.91. The van der Waals surface area contributed by atoms with Crippen LogP contribution in [0.25, 0.3) is 0 Å². The molecule has 1 aromatic carbocycles. The molecule has 0 aliphatic rings. The Hall–Kier alpha value is 0.0700. The fourth-order valence-electron chi connectivity index (χ4n) is 1.44. The first-order valence-corrected chi connectivity index (χ1v) is 7.17. The van der Waals surface area contributed by atoms with Crippen LogP contribution in [0.2, 0.25) is 10.0 Å². The Morgan fingerprint density at radius 2 is 2.12 bits per heavy atom. The lowest BCUT2D eigenvalue weighted by Crippen LogP contribution is -2.29. The summed E-state index contributed by atoms with van der Waals surface area (Å²) in [6, 6.07) is 5.47. The number of aliphatic hydroxyl groups excluding tert-OH is 1. The molecule has 96 valence electrons. The third kappa shape index (κ3) is 5.98. The zero-order chi connectivity index (χ0) is 12.8. The van der Waals surface area contributed by atoms with Crippen LogP contribution in [-0.4, -0.2) is 42.0 Å². The zero-order valence-corrected chi connectivity index (χ0v) is 12.3. The molecule has 17 heavy (non-hydrogen) atoms. The number of thioether (sulfide) groups is 1. The van der Waals surface area contributed by atoms with Crippen molar-refractivity contribution in [2.24, 2.45) is 0 Å². The smallest absolute Gasteiger partial charge is 0.0638 e. The van der Waals surface area contributed by atoms with Gasteiger partial charge < -0.3 is 10.0 Å². The first kappa shape index (κ1) is 15.1. The number of hydrogen-bond donors (Lipinski definition) is 1. The van der Waals surface area contributed by atoms with Crippen LogP contribution in [0.4, 0.5) is 0 Å². The van der Waals surface area contributed by atoms with Gasteiger partial charge in [0, 0.05) is 28.8 Å². The summed E-state index contributed by atoms with van der Waals surface area (Å²) in [6.07, 6.45) is -0.292. The molecule has 2 nitrogen and oxygen atoms in total. The Morgan fingerprint density at radius 1 is 1.41 bits per heavy atom. The average molecular weight is 294 g/mol. The van der Waals surface area contributed by atoms with Crippen LogP contribution in [0.5, 0.6) is 0 Å². The van der Waals surface area contributed by atoms with E-state index in [1.807, 2.05) is 19.2 Å². The minimum Gasteiger partial charge on any atom is -0.392 e. The van der Waals surface area contributed by atoms with E-state index in [1.165, 1.54) is 0 Å². The van der Waals surface area contributed by atoms with Gasteiger partial charge in [-0.25, -0.2) is 0 Å². The molecule has 0 fully saturated rings. The standard InChI is InChI=1S/C12H17Cl2NOS/c1-9(16)8-15(2)5-6-17-12-7-10(13)3-4-11(12)14/h3-4,7,9,16H,5-6,8H2,1-2H3. The predicted molar refractivity (Wildman–Crippen MR) is 76.4 cm³/mol. The van der Waals surface area contributed by atoms with Crippen LogP contribution in [0, 0.1) is 0 Å². The number of hydrogen-bond acceptors (Lipinski definition) is 3. The number of rotatable bonds is 6. The number of aliphatic hydroxyl groups is 1. The first-order valence-electron chi connectivity index (χ1n) is 5.43. The molecule has 0 bridgehead atoms. The molecule has 1 atom stereocenters. The highest BCUT2D eigenvalue weighted by Gasteiger charge is 2.05. The van der Waals surface area contributed by atoms with Gasteiger partial charge in [-0.2, -0.15) is 0 Å². The summed E-state index contributed by atoms with van der Waals surface area (Å²) in [4.78, 5) is 3.10. The summed E-state index contributed by atoms with van der Waals surface area (Å²) < 4.78 is 0. The maximum absolute atomic E-state index is 9.23. The minimum atomic E-state index is -0.292. The van der Waals surface area contributed by atoms with Crippen LogP contribution in [-0.2, 0) is 0 Å². The van der Waals surface area contributed by atoms with Gasteiger partial charge >= 0.3 is 0 Å². The number of halogens is 2. The molecule has 5 heteroatoms. The second-order valence-corrected chi connectivity index (χ2v) is 6.01. The summed E-state index contributed by atoms with van der Waals surface area (Å²) in [6.45, 7) is 3.37. The summed E-state index contributed by atoms with van der Waals surface area (Å²) in [5.41, 5.74) is 0. The van der Waals surface area contributed by atoms with Crippen LogP contribution in [0.1, 0.15) is 6.92 Å². The Labute approximate surface area is 117 Å². The summed E-state index contributed by atoms with van der Waals surface area (Å²) in [5.74, 6) is 0.920. The third-order valence-electron chi connectivity index (χ3n) is 2.20. The van der Waals surface area contributed by atoms with Crippen molar-refractivity contribution in [2.75, 3.05) is 25.9 Å². The fourth-order valence-corrected chi connectivity index (χ4v) is 3.00. The molecule has 0 aliphatic heterocycles. The number of nitrogens with zero attached hydrogens (tertiary/aromatic N) is 1. The molecule has 1 N–H and O–H groups in total. The Bertz CT molecular complexity index is 360. The second kappa shape index (κ2) is 7.49. The van der Waals surface area contributed by atoms with Crippen molar-refractivity contribution in [3.63, 3.8) is 0 Å². The first-order chi connectivity index (χ1) is 7.99. The molecular weight excluding hydrogens is 277 g/mol. The monoisotopic (exact) mass is 293 g/mol. The van der Waals surface area contributed by atoms with E-state index in [0.717, 1.165) is 22.2 Å². The molecule has 0 aromatic heterocycles. The Kier molecular flexibility index (Phi) is 6.67. The quantitative estimate of drug-likeness (QED) is 0.813. The van der Waals surface area contributed by atoms with Crippen molar-refractivity contribution in [3.05, 3.63) is 28.2 Å². The van der Waals surface area contributed by atoms with E-state index in [4.69, 9.17) is 23.2 Å². The molecule has 0 heterocycles. The van der Waals surface area contributed by atoms with E-state index in [2.05, 4.69) is 4.90 Å². The van der Waals surface area contributed by atoms with E-state index in [1.54, 1.807) is 24.8 Å². The van der Waals surface area contributed by atoms with Crippen molar-refractivity contribution >= 4 is 35.0 Å². The topological polar surface area (TPSA) is 23.5 Å². The molecule has 0 amide bonds. The highest BCUT2D eigenvalue weighted by molar-refractivity contribution is 7.99. The summed E-state index contributed by atoms with van der Waals surface area (Å²) in [5, 5.41) is 10.7. The predicted octanol–water partition coefficient (Wildman–Crippen LogP) is 3.40. The highest BCUT2D eigenvalue weighted by atomic mass is 35.5. The van der Waals surface area contributed by atoms with Gasteiger partial charge in [0.2, 0.25) is 0 Å². The van der Waals surface area contributed by atoms with E-state index < -0.39 is 0 Å². The van der Waals surface area contributed by atoms with Crippen LogP contribution < -0.4 is 0 Å². The molecule has 0 saturated carbocycles. The van der Waals surface area contributed by atoms with E-state index in [-0.39, 0.29) is 6.10 Å². The lowest BCUT2D eigenvalue weighted by Gasteiger charge is -2.17. The zero-order valence-electron chi connectivity index (χ0n) is 9.99. The maximum Gasteiger partial charge on any atom is 0.0638 e. The van der Waals surface area contributed by atoms with Gasteiger partial charge in [0.25, 0.3) is 0 Å². The van der Waals surface area contributed by atoms with E-state index in [9.17, 15) is 5.11 Å². The van der Waals surface area contributed by atoms with Gasteiger partial charge in [0.15, 0.2) is 0 Å². The Morgan fingerprint density at radius 3 is 2.76 bits per heavy atom. The number of likely N-dealkylation sites (N-methyl/N-ethyl adjacent to an activating group) is 1. The molecule has 1 unspecified atom stereocenters. The van der Waals surface area contributed by atoms with Crippen molar-refractivity contribution in [1.82, 2.24) is 4.90 Å². The Balaban J connectivity index is 2.38. The van der Waals surface area contributed by atoms with Crippen molar-refractivity contribution in [1.29, 1.82) is 0 Å². The average Bonchev–Trinajstić information content (AvgIpc) is 2.22. The number of benzene rings is 1. The van der Waals surface area contributed by atoms with Gasteiger partial charge in [0.1, 0.15) is 0 Å². The van der Waals surface area contributed by atoms with Crippen molar-refractivity contribution in [2.45, 2.75) is 17.9 Å². The van der Waals surface area contributed by atoms with E-state index >= 15 is 0 Å². The molecule has 0 radical (unpaired) electrons. The van der Waals surface area contributed by atoms with Gasteiger partial charge in [-0.05, 0) is 32.2 Å². The van der Waals surface area contributed by atoms with Gasteiger partial charge in [-0.1, -0.05) is 23.2 Å². The maximum atomic E-state index is 9.23. The summed E-state index contributed by atoms with van der Waals surface area (Å²) >= 11 is 13.7. The van der Waals surface area contributed by atoms with Gasteiger partial charge in [-0.15, -0.1) is 11.8 Å². The minimum absolute atomic E-state index is 0.292. The lowest BCUT2D eigenvalue weighted by molar-refractivity contribution is 0.145. The molecule has 0 saturated heterocycles. The highest BCUT2D eigenvalue weighted by Crippen LogP contribution is 2.29. The second-order valence-electron chi connectivity index (χ2n) is 4.03. The fraction of sp³-hybridized carbons (Fsp3) is 0.500.